The van der Waals surface area contributed by atoms with Crippen LogP contribution in [0.5, 0.6) is 0 Å². The molecule has 1 fully saturated rings. The zero-order valence-electron chi connectivity index (χ0n) is 18.0. The first-order valence-corrected chi connectivity index (χ1v) is 11.0. The van der Waals surface area contributed by atoms with Crippen LogP contribution in [0.25, 0.3) is 6.08 Å². The molecule has 3 amide bonds. The van der Waals surface area contributed by atoms with E-state index in [4.69, 9.17) is 23.2 Å². The zero-order valence-corrected chi connectivity index (χ0v) is 19.5. The van der Waals surface area contributed by atoms with E-state index >= 15 is 0 Å². The van der Waals surface area contributed by atoms with Gasteiger partial charge in [0.1, 0.15) is 5.70 Å². The van der Waals surface area contributed by atoms with Gasteiger partial charge in [-0.15, -0.1) is 0 Å². The van der Waals surface area contributed by atoms with E-state index in [2.05, 4.69) is 38.0 Å². The maximum Gasteiger partial charge on any atom is 0.329 e. The van der Waals surface area contributed by atoms with Crippen LogP contribution in [0, 0.1) is 0 Å². The molecule has 2 aliphatic heterocycles. The quantitative estimate of drug-likeness (QED) is 0.467. The highest BCUT2D eigenvalue weighted by Gasteiger charge is 2.36. The first-order valence-electron chi connectivity index (χ1n) is 10.2. The van der Waals surface area contributed by atoms with Gasteiger partial charge >= 0.3 is 6.03 Å². The van der Waals surface area contributed by atoms with E-state index in [1.165, 1.54) is 10.5 Å². The van der Waals surface area contributed by atoms with Crippen molar-refractivity contribution >= 4 is 46.9 Å². The molecule has 0 unspecified atom stereocenters. The second kappa shape index (κ2) is 7.88. The van der Waals surface area contributed by atoms with Gasteiger partial charge in [0.25, 0.3) is 5.91 Å². The summed E-state index contributed by atoms with van der Waals surface area (Å²) in [5, 5.41) is 3.82. The predicted octanol–water partition coefficient (Wildman–Crippen LogP) is 5.81. The highest BCUT2D eigenvalue weighted by molar-refractivity contribution is 6.32. The molecule has 0 aromatic heterocycles. The number of hydrogen-bond acceptors (Lipinski definition) is 3. The molecule has 2 aromatic carbocycles. The van der Waals surface area contributed by atoms with Crippen molar-refractivity contribution in [2.75, 3.05) is 11.9 Å². The standard InChI is InChI=1S/C24H25Cl2N3O2/c1-14-12-24(2,3)28(4)21-11-19(26)16(9-18(14)21)10-20-22(30)29(23(31)27-20)13-15-5-7-17(25)8-6-15/h5-11,14H,12-13H2,1-4H3,(H,27,31)/b20-10-/t14-/m0/s1. The predicted molar refractivity (Wildman–Crippen MR) is 125 cm³/mol. The number of carbonyl (C=O) groups excluding carboxylic acids is 2. The van der Waals surface area contributed by atoms with Crippen LogP contribution in [-0.4, -0.2) is 29.4 Å². The number of carbonyl (C=O) groups is 2. The van der Waals surface area contributed by atoms with Gasteiger partial charge in [-0.25, -0.2) is 4.79 Å². The minimum absolute atomic E-state index is 0.0350. The smallest absolute Gasteiger partial charge is 0.329 e. The molecule has 2 heterocycles. The number of hydrogen-bond donors (Lipinski definition) is 1. The fraction of sp³-hybridized carbons (Fsp3) is 0.333. The normalized spacial score (nSPS) is 21.5. The number of anilines is 1. The average molecular weight is 458 g/mol. The molecule has 0 saturated carbocycles. The third-order valence-electron chi connectivity index (χ3n) is 6.27. The summed E-state index contributed by atoms with van der Waals surface area (Å²) in [6.07, 6.45) is 2.68. The number of imide groups is 1. The first-order chi connectivity index (χ1) is 14.6. The Morgan fingerprint density at radius 1 is 1.16 bits per heavy atom. The van der Waals surface area contributed by atoms with Crippen molar-refractivity contribution in [3.05, 3.63) is 68.8 Å². The lowest BCUT2D eigenvalue weighted by Crippen LogP contribution is -2.45. The molecular weight excluding hydrogens is 433 g/mol. The molecule has 0 bridgehead atoms. The van der Waals surface area contributed by atoms with Crippen molar-refractivity contribution in [2.45, 2.75) is 45.2 Å². The summed E-state index contributed by atoms with van der Waals surface area (Å²) in [4.78, 5) is 28.8. The van der Waals surface area contributed by atoms with Crippen molar-refractivity contribution in [1.82, 2.24) is 10.2 Å². The number of benzene rings is 2. The summed E-state index contributed by atoms with van der Waals surface area (Å²) in [6, 6.07) is 10.6. The molecule has 0 radical (unpaired) electrons. The minimum atomic E-state index is -0.449. The highest BCUT2D eigenvalue weighted by Crippen LogP contribution is 2.44. The van der Waals surface area contributed by atoms with Gasteiger partial charge in [0.2, 0.25) is 0 Å². The van der Waals surface area contributed by atoms with Crippen LogP contribution < -0.4 is 10.2 Å². The van der Waals surface area contributed by atoms with E-state index in [0.717, 1.165) is 23.2 Å². The number of fused-ring (bicyclic) bond motifs is 1. The summed E-state index contributed by atoms with van der Waals surface area (Å²) in [7, 11) is 2.08. The Morgan fingerprint density at radius 2 is 1.84 bits per heavy atom. The Morgan fingerprint density at radius 3 is 2.52 bits per heavy atom. The second-order valence-corrected chi connectivity index (χ2v) is 9.76. The number of nitrogens with zero attached hydrogens (tertiary/aromatic N) is 2. The molecule has 0 spiro atoms. The molecule has 0 aliphatic carbocycles. The zero-order chi connectivity index (χ0) is 22.5. The van der Waals surface area contributed by atoms with Crippen molar-refractivity contribution in [1.29, 1.82) is 0 Å². The van der Waals surface area contributed by atoms with E-state index in [-0.39, 0.29) is 23.7 Å². The molecule has 7 heteroatoms. The molecular formula is C24H25Cl2N3O2. The Hall–Kier alpha value is -2.50. The van der Waals surface area contributed by atoms with Gasteiger partial charge in [-0.2, -0.15) is 0 Å². The Kier molecular flexibility index (Phi) is 5.52. The van der Waals surface area contributed by atoms with Crippen molar-refractivity contribution in [2.24, 2.45) is 0 Å². The van der Waals surface area contributed by atoms with Crippen LogP contribution in [0.4, 0.5) is 10.5 Å². The molecule has 5 nitrogen and oxygen atoms in total. The first kappa shape index (κ1) is 21.7. The molecule has 1 atom stereocenters. The Balaban J connectivity index is 1.63. The number of halogens is 2. The topological polar surface area (TPSA) is 52.7 Å². The van der Waals surface area contributed by atoms with E-state index < -0.39 is 6.03 Å². The Labute approximate surface area is 192 Å². The van der Waals surface area contributed by atoms with E-state index in [0.29, 0.717) is 16.0 Å². The van der Waals surface area contributed by atoms with E-state index in [1.54, 1.807) is 30.3 Å². The third-order valence-corrected chi connectivity index (χ3v) is 6.85. The summed E-state index contributed by atoms with van der Waals surface area (Å²) >= 11 is 12.5. The van der Waals surface area contributed by atoms with Crippen molar-refractivity contribution in [3.63, 3.8) is 0 Å². The third kappa shape index (κ3) is 4.04. The van der Waals surface area contributed by atoms with Gasteiger partial charge in [-0.1, -0.05) is 42.3 Å². The lowest BCUT2D eigenvalue weighted by Gasteiger charge is -2.45. The van der Waals surface area contributed by atoms with E-state index in [1.807, 2.05) is 12.1 Å². The van der Waals surface area contributed by atoms with Gasteiger partial charge < -0.3 is 10.2 Å². The molecule has 31 heavy (non-hydrogen) atoms. The highest BCUT2D eigenvalue weighted by atomic mass is 35.5. The molecule has 1 N–H and O–H groups in total. The summed E-state index contributed by atoms with van der Waals surface area (Å²) in [5.74, 6) is -0.0223. The van der Waals surface area contributed by atoms with Crippen LogP contribution in [0.15, 0.2) is 42.1 Å². The maximum absolute atomic E-state index is 12.9. The second-order valence-electron chi connectivity index (χ2n) is 8.92. The summed E-state index contributed by atoms with van der Waals surface area (Å²) < 4.78 is 0. The van der Waals surface area contributed by atoms with Crippen LogP contribution >= 0.6 is 23.2 Å². The molecule has 2 aromatic rings. The molecule has 4 rings (SSSR count). The van der Waals surface area contributed by atoms with E-state index in [9.17, 15) is 9.59 Å². The van der Waals surface area contributed by atoms with Gasteiger partial charge in [0, 0.05) is 28.3 Å². The maximum atomic E-state index is 12.9. The fourth-order valence-corrected chi connectivity index (χ4v) is 4.70. The lowest BCUT2D eigenvalue weighted by molar-refractivity contribution is -0.123. The lowest BCUT2D eigenvalue weighted by atomic mass is 9.80. The molecule has 2 aliphatic rings. The van der Waals surface area contributed by atoms with Gasteiger partial charge in [0.05, 0.1) is 6.54 Å². The van der Waals surface area contributed by atoms with Gasteiger partial charge in [-0.05, 0) is 73.2 Å². The van der Waals surface area contributed by atoms with Crippen LogP contribution in [0.3, 0.4) is 0 Å². The number of urea groups is 1. The van der Waals surface area contributed by atoms with Crippen molar-refractivity contribution < 1.29 is 9.59 Å². The van der Waals surface area contributed by atoms with Crippen LogP contribution in [0.1, 0.15) is 49.8 Å². The number of nitrogens with one attached hydrogen (secondary N) is 1. The number of amides is 3. The van der Waals surface area contributed by atoms with Crippen LogP contribution in [-0.2, 0) is 11.3 Å². The number of rotatable bonds is 3. The minimum Gasteiger partial charge on any atom is -0.369 e. The molecule has 1 saturated heterocycles. The van der Waals surface area contributed by atoms with Crippen LogP contribution in [0.2, 0.25) is 10.0 Å². The van der Waals surface area contributed by atoms with Crippen molar-refractivity contribution in [3.8, 4) is 0 Å². The fourth-order valence-electron chi connectivity index (χ4n) is 4.36. The average Bonchev–Trinajstić information content (AvgIpc) is 2.96. The van der Waals surface area contributed by atoms with Gasteiger partial charge in [-0.3, -0.25) is 9.69 Å². The summed E-state index contributed by atoms with van der Waals surface area (Å²) in [6.45, 7) is 6.82. The molecule has 162 valence electrons. The Bertz CT molecular complexity index is 1090. The SMILES string of the molecule is C[C@H]1CC(C)(C)N(C)c2cc(Cl)c(/C=C3\NC(=O)N(Cc4ccc(Cl)cc4)C3=O)cc21. The van der Waals surface area contributed by atoms with Gasteiger partial charge in [0.15, 0.2) is 0 Å². The monoisotopic (exact) mass is 457 g/mol. The summed E-state index contributed by atoms with van der Waals surface area (Å²) in [5.41, 5.74) is 4.08. The largest absolute Gasteiger partial charge is 0.369 e.